The highest BCUT2D eigenvalue weighted by molar-refractivity contribution is 6.07. The molecule has 3 rings (SSSR count). The zero-order chi connectivity index (χ0) is 19.6. The predicted octanol–water partition coefficient (Wildman–Crippen LogP) is 3.20. The smallest absolute Gasteiger partial charge is 0.325 e. The normalized spacial score (nSPS) is 19.2. The van der Waals surface area contributed by atoms with Crippen molar-refractivity contribution in [1.29, 1.82) is 0 Å². The molecular weight excluding hydrogens is 351 g/mol. The average molecular weight is 372 g/mol. The number of amides is 3. The molecule has 1 saturated heterocycles. The Bertz CT molecular complexity index is 869. The molecule has 6 nitrogen and oxygen atoms in total. The topological polar surface area (TPSA) is 67.9 Å². The molecule has 142 valence electrons. The largest absolute Gasteiger partial charge is 0.497 e. The Hall–Kier alpha value is -3.09. The van der Waals surface area contributed by atoms with E-state index >= 15 is 0 Å². The molecule has 1 aliphatic heterocycles. The number of urea groups is 1. The molecular formula is C20H21FN2O4. The molecule has 1 atom stereocenters. The minimum absolute atomic E-state index is 0.0243. The number of ether oxygens (including phenoxy) is 2. The SMILES string of the molecule is CC[C@@]1(c2ccc(OC)cc2)NC(=O)N(Cc2ccc(OC)c(F)c2)C1=O. The van der Waals surface area contributed by atoms with E-state index in [0.29, 0.717) is 23.3 Å². The highest BCUT2D eigenvalue weighted by Crippen LogP contribution is 2.34. The van der Waals surface area contributed by atoms with Gasteiger partial charge in [0.15, 0.2) is 11.6 Å². The Labute approximate surface area is 156 Å². The fourth-order valence-electron chi connectivity index (χ4n) is 3.28. The summed E-state index contributed by atoms with van der Waals surface area (Å²) in [5.41, 5.74) is 0.0277. The number of nitrogens with zero attached hydrogens (tertiary/aromatic N) is 1. The van der Waals surface area contributed by atoms with Crippen LogP contribution in [0.2, 0.25) is 0 Å². The lowest BCUT2D eigenvalue weighted by Crippen LogP contribution is -2.43. The number of nitrogens with one attached hydrogen (secondary N) is 1. The third kappa shape index (κ3) is 3.20. The van der Waals surface area contributed by atoms with E-state index in [9.17, 15) is 14.0 Å². The van der Waals surface area contributed by atoms with Crippen LogP contribution in [0.25, 0.3) is 0 Å². The molecule has 0 aliphatic carbocycles. The molecule has 0 aromatic heterocycles. The van der Waals surface area contributed by atoms with Gasteiger partial charge in [-0.05, 0) is 41.8 Å². The molecule has 2 aromatic carbocycles. The number of rotatable bonds is 6. The van der Waals surface area contributed by atoms with Crippen molar-refractivity contribution in [3.8, 4) is 11.5 Å². The summed E-state index contributed by atoms with van der Waals surface area (Å²) in [6.07, 6.45) is 0.386. The molecule has 7 heteroatoms. The Balaban J connectivity index is 1.89. The van der Waals surface area contributed by atoms with Gasteiger partial charge in [-0.1, -0.05) is 25.1 Å². The van der Waals surface area contributed by atoms with Crippen LogP contribution in [0.15, 0.2) is 42.5 Å². The van der Waals surface area contributed by atoms with E-state index in [-0.39, 0.29) is 18.2 Å². The Kier molecular flexibility index (Phi) is 5.03. The lowest BCUT2D eigenvalue weighted by molar-refractivity contribution is -0.132. The summed E-state index contributed by atoms with van der Waals surface area (Å²) in [6, 6.07) is 10.9. The maximum Gasteiger partial charge on any atom is 0.325 e. The van der Waals surface area contributed by atoms with Crippen LogP contribution >= 0.6 is 0 Å². The van der Waals surface area contributed by atoms with Crippen LogP contribution in [0.1, 0.15) is 24.5 Å². The van der Waals surface area contributed by atoms with E-state index in [1.54, 1.807) is 37.4 Å². The molecule has 2 aromatic rings. The highest BCUT2D eigenvalue weighted by Gasteiger charge is 2.51. The van der Waals surface area contributed by atoms with Gasteiger partial charge in [0, 0.05) is 0 Å². The fourth-order valence-corrected chi connectivity index (χ4v) is 3.28. The second kappa shape index (κ2) is 7.26. The molecule has 0 unspecified atom stereocenters. The Morgan fingerprint density at radius 2 is 1.78 bits per heavy atom. The van der Waals surface area contributed by atoms with E-state index in [0.717, 1.165) is 4.90 Å². The fraction of sp³-hybridized carbons (Fsp3) is 0.300. The molecule has 3 amide bonds. The molecule has 27 heavy (non-hydrogen) atoms. The van der Waals surface area contributed by atoms with Crippen molar-refractivity contribution < 1.29 is 23.5 Å². The first-order valence-corrected chi connectivity index (χ1v) is 8.56. The third-order valence-corrected chi connectivity index (χ3v) is 4.85. The summed E-state index contributed by atoms with van der Waals surface area (Å²) >= 11 is 0. The number of benzene rings is 2. The minimum atomic E-state index is -1.14. The van der Waals surface area contributed by atoms with Crippen molar-refractivity contribution in [2.45, 2.75) is 25.4 Å². The van der Waals surface area contributed by atoms with Gasteiger partial charge in [0.25, 0.3) is 5.91 Å². The Morgan fingerprint density at radius 1 is 1.07 bits per heavy atom. The highest BCUT2D eigenvalue weighted by atomic mass is 19.1. The van der Waals surface area contributed by atoms with E-state index in [2.05, 4.69) is 5.32 Å². The van der Waals surface area contributed by atoms with E-state index in [1.807, 2.05) is 6.92 Å². The number of carbonyl (C=O) groups excluding carboxylic acids is 2. The number of halogens is 1. The predicted molar refractivity (Wildman–Crippen MR) is 97.0 cm³/mol. The standard InChI is InChI=1S/C20H21FN2O4/c1-4-20(14-6-8-15(26-2)9-7-14)18(24)23(19(25)22-20)12-13-5-10-17(27-3)16(21)11-13/h5-11H,4,12H2,1-3H3,(H,22,25)/t20-/m0/s1. The lowest BCUT2D eigenvalue weighted by atomic mass is 9.87. The molecule has 0 radical (unpaired) electrons. The van der Waals surface area contributed by atoms with Crippen LogP contribution in [0.4, 0.5) is 9.18 Å². The molecule has 1 aliphatic rings. The van der Waals surface area contributed by atoms with Gasteiger partial charge in [0.1, 0.15) is 11.3 Å². The Morgan fingerprint density at radius 3 is 2.33 bits per heavy atom. The van der Waals surface area contributed by atoms with Crippen molar-refractivity contribution in [2.24, 2.45) is 0 Å². The van der Waals surface area contributed by atoms with Gasteiger partial charge >= 0.3 is 6.03 Å². The minimum Gasteiger partial charge on any atom is -0.497 e. The van der Waals surface area contributed by atoms with Gasteiger partial charge in [0.05, 0.1) is 20.8 Å². The van der Waals surface area contributed by atoms with E-state index in [4.69, 9.17) is 9.47 Å². The zero-order valence-electron chi connectivity index (χ0n) is 15.4. The van der Waals surface area contributed by atoms with Gasteiger partial charge in [-0.15, -0.1) is 0 Å². The maximum atomic E-state index is 13.9. The third-order valence-electron chi connectivity index (χ3n) is 4.85. The summed E-state index contributed by atoms with van der Waals surface area (Å²) < 4.78 is 24.0. The summed E-state index contributed by atoms with van der Waals surface area (Å²) in [7, 11) is 2.93. The van der Waals surface area contributed by atoms with Crippen molar-refractivity contribution in [1.82, 2.24) is 10.2 Å². The van der Waals surface area contributed by atoms with E-state index < -0.39 is 17.4 Å². The average Bonchev–Trinajstić information content (AvgIpc) is 2.93. The second-order valence-electron chi connectivity index (χ2n) is 6.28. The van der Waals surface area contributed by atoms with Gasteiger partial charge in [-0.25, -0.2) is 9.18 Å². The molecule has 0 saturated carbocycles. The molecule has 1 fully saturated rings. The number of methoxy groups -OCH3 is 2. The van der Waals surface area contributed by atoms with Crippen LogP contribution in [0.3, 0.4) is 0 Å². The van der Waals surface area contributed by atoms with Crippen LogP contribution in [0.5, 0.6) is 11.5 Å². The number of imide groups is 1. The molecule has 0 bridgehead atoms. The van der Waals surface area contributed by atoms with Crippen molar-refractivity contribution >= 4 is 11.9 Å². The monoisotopic (exact) mass is 372 g/mol. The second-order valence-corrected chi connectivity index (χ2v) is 6.28. The summed E-state index contributed by atoms with van der Waals surface area (Å²) in [6.45, 7) is 1.81. The summed E-state index contributed by atoms with van der Waals surface area (Å²) in [4.78, 5) is 26.8. The molecule has 1 N–H and O–H groups in total. The first kappa shape index (κ1) is 18.7. The quantitative estimate of drug-likeness (QED) is 0.791. The van der Waals surface area contributed by atoms with Crippen LogP contribution in [-0.4, -0.2) is 31.1 Å². The van der Waals surface area contributed by atoms with Crippen LogP contribution in [-0.2, 0) is 16.9 Å². The van der Waals surface area contributed by atoms with E-state index in [1.165, 1.54) is 19.2 Å². The van der Waals surface area contributed by atoms with Crippen LogP contribution in [0, 0.1) is 5.82 Å². The summed E-state index contributed by atoms with van der Waals surface area (Å²) in [5.74, 6) is -0.139. The number of hydrogen-bond donors (Lipinski definition) is 1. The zero-order valence-corrected chi connectivity index (χ0v) is 15.4. The first-order chi connectivity index (χ1) is 12.9. The van der Waals surface area contributed by atoms with Crippen molar-refractivity contribution in [2.75, 3.05) is 14.2 Å². The number of carbonyl (C=O) groups is 2. The summed E-state index contributed by atoms with van der Waals surface area (Å²) in [5, 5.41) is 2.81. The van der Waals surface area contributed by atoms with Gasteiger partial charge in [-0.2, -0.15) is 0 Å². The maximum absolute atomic E-state index is 13.9. The van der Waals surface area contributed by atoms with Gasteiger partial charge in [-0.3, -0.25) is 9.69 Å². The molecule has 1 heterocycles. The number of hydrogen-bond acceptors (Lipinski definition) is 4. The van der Waals surface area contributed by atoms with Gasteiger partial charge < -0.3 is 14.8 Å². The van der Waals surface area contributed by atoms with Crippen LogP contribution < -0.4 is 14.8 Å². The lowest BCUT2D eigenvalue weighted by Gasteiger charge is -2.26. The van der Waals surface area contributed by atoms with Crippen molar-refractivity contribution in [3.63, 3.8) is 0 Å². The molecule has 0 spiro atoms. The first-order valence-electron chi connectivity index (χ1n) is 8.56. The van der Waals surface area contributed by atoms with Gasteiger partial charge in [0.2, 0.25) is 0 Å². The van der Waals surface area contributed by atoms with Crippen molar-refractivity contribution in [3.05, 3.63) is 59.4 Å².